The number of carbonyl (C=O) groups is 1. The van der Waals surface area contributed by atoms with Crippen LogP contribution in [-0.2, 0) is 0 Å². The fourth-order valence-electron chi connectivity index (χ4n) is 1.80. The minimum absolute atomic E-state index is 0.0316. The second-order valence-corrected chi connectivity index (χ2v) is 4.89. The SMILES string of the molecule is CCCOc1ccc(/C=N/NC(=O)c2ccc(N)cc2)c(O)c1. The number of nitrogens with one attached hydrogen (secondary N) is 1. The Morgan fingerprint density at radius 1 is 1.30 bits per heavy atom. The maximum atomic E-state index is 11.9. The van der Waals surface area contributed by atoms with E-state index in [9.17, 15) is 9.90 Å². The maximum absolute atomic E-state index is 11.9. The van der Waals surface area contributed by atoms with Crippen molar-refractivity contribution in [3.05, 3.63) is 53.6 Å². The van der Waals surface area contributed by atoms with Crippen LogP contribution in [0.5, 0.6) is 11.5 Å². The molecular formula is C17H19N3O3. The fourth-order valence-corrected chi connectivity index (χ4v) is 1.80. The zero-order valence-corrected chi connectivity index (χ0v) is 12.8. The third kappa shape index (κ3) is 4.74. The van der Waals surface area contributed by atoms with Gasteiger partial charge in [-0.1, -0.05) is 6.92 Å². The molecule has 0 aliphatic rings. The molecule has 0 saturated heterocycles. The number of phenols is 1. The molecule has 0 radical (unpaired) electrons. The normalized spacial score (nSPS) is 10.7. The van der Waals surface area contributed by atoms with Crippen LogP contribution in [0.2, 0.25) is 0 Å². The van der Waals surface area contributed by atoms with E-state index in [4.69, 9.17) is 10.5 Å². The average Bonchev–Trinajstić information content (AvgIpc) is 2.55. The molecular weight excluding hydrogens is 294 g/mol. The standard InChI is InChI=1S/C17H19N3O3/c1-2-9-23-15-8-5-13(16(21)10-15)11-19-20-17(22)12-3-6-14(18)7-4-12/h3-8,10-11,21H,2,9,18H2,1H3,(H,20,22)/b19-11+. The van der Waals surface area contributed by atoms with Gasteiger partial charge in [-0.2, -0.15) is 5.10 Å². The molecule has 2 aromatic rings. The summed E-state index contributed by atoms with van der Waals surface area (Å²) < 4.78 is 5.42. The summed E-state index contributed by atoms with van der Waals surface area (Å²) in [5, 5.41) is 13.7. The van der Waals surface area contributed by atoms with Gasteiger partial charge in [-0.25, -0.2) is 5.43 Å². The number of nitrogens with two attached hydrogens (primary N) is 1. The number of benzene rings is 2. The van der Waals surface area contributed by atoms with Crippen molar-refractivity contribution in [2.24, 2.45) is 5.10 Å². The summed E-state index contributed by atoms with van der Waals surface area (Å²) >= 11 is 0. The second-order valence-electron chi connectivity index (χ2n) is 4.89. The summed E-state index contributed by atoms with van der Waals surface area (Å²) in [6.07, 6.45) is 2.26. The Morgan fingerprint density at radius 3 is 2.70 bits per heavy atom. The predicted molar refractivity (Wildman–Crippen MR) is 89.8 cm³/mol. The highest BCUT2D eigenvalue weighted by molar-refractivity contribution is 5.95. The number of hydrazone groups is 1. The predicted octanol–water partition coefficient (Wildman–Crippen LogP) is 2.53. The highest BCUT2D eigenvalue weighted by atomic mass is 16.5. The summed E-state index contributed by atoms with van der Waals surface area (Å²) in [6.45, 7) is 2.59. The van der Waals surface area contributed by atoms with Crippen LogP contribution in [0, 0.1) is 0 Å². The van der Waals surface area contributed by atoms with Crippen LogP contribution in [0.15, 0.2) is 47.6 Å². The zero-order valence-electron chi connectivity index (χ0n) is 12.8. The highest BCUT2D eigenvalue weighted by Crippen LogP contribution is 2.22. The van der Waals surface area contributed by atoms with Crippen LogP contribution in [0.1, 0.15) is 29.3 Å². The summed E-state index contributed by atoms with van der Waals surface area (Å²) in [6, 6.07) is 11.4. The lowest BCUT2D eigenvalue weighted by molar-refractivity contribution is 0.0955. The van der Waals surface area contributed by atoms with Gasteiger partial charge in [-0.3, -0.25) is 4.79 Å². The Hall–Kier alpha value is -3.02. The molecule has 0 aliphatic carbocycles. The molecule has 4 N–H and O–H groups in total. The summed E-state index contributed by atoms with van der Waals surface area (Å²) in [5.41, 5.74) is 9.46. The van der Waals surface area contributed by atoms with E-state index in [1.807, 2.05) is 6.92 Å². The minimum atomic E-state index is -0.358. The van der Waals surface area contributed by atoms with Crippen molar-refractivity contribution in [2.45, 2.75) is 13.3 Å². The number of anilines is 1. The first-order valence-corrected chi connectivity index (χ1v) is 7.25. The Bertz CT molecular complexity index is 697. The molecule has 0 bridgehead atoms. The number of nitrogen functional groups attached to an aromatic ring is 1. The van der Waals surface area contributed by atoms with Gasteiger partial charge in [-0.15, -0.1) is 0 Å². The third-order valence-electron chi connectivity index (χ3n) is 3.02. The number of hydrogen-bond donors (Lipinski definition) is 3. The topological polar surface area (TPSA) is 96.9 Å². The molecule has 1 amide bonds. The van der Waals surface area contributed by atoms with Crippen molar-refractivity contribution < 1.29 is 14.6 Å². The minimum Gasteiger partial charge on any atom is -0.507 e. The second kappa shape index (κ2) is 7.84. The summed E-state index contributed by atoms with van der Waals surface area (Å²) in [5.74, 6) is 0.264. The average molecular weight is 313 g/mol. The van der Waals surface area contributed by atoms with E-state index < -0.39 is 0 Å². The van der Waals surface area contributed by atoms with Crippen molar-refractivity contribution in [1.82, 2.24) is 5.43 Å². The molecule has 0 spiro atoms. The molecule has 6 nitrogen and oxygen atoms in total. The monoisotopic (exact) mass is 313 g/mol. The van der Waals surface area contributed by atoms with Crippen molar-refractivity contribution in [3.63, 3.8) is 0 Å². The van der Waals surface area contributed by atoms with Crippen LogP contribution in [0.3, 0.4) is 0 Å². The Labute approximate surface area is 134 Å². The first kappa shape index (κ1) is 16.4. The van der Waals surface area contributed by atoms with Crippen LogP contribution in [0.4, 0.5) is 5.69 Å². The maximum Gasteiger partial charge on any atom is 0.271 e. The molecule has 120 valence electrons. The van der Waals surface area contributed by atoms with E-state index in [2.05, 4.69) is 10.5 Å². The van der Waals surface area contributed by atoms with Gasteiger partial charge in [-0.05, 0) is 42.8 Å². The van der Waals surface area contributed by atoms with Gasteiger partial charge >= 0.3 is 0 Å². The van der Waals surface area contributed by atoms with Crippen molar-refractivity contribution in [2.75, 3.05) is 12.3 Å². The number of phenolic OH excluding ortho intramolecular Hbond substituents is 1. The molecule has 0 aliphatic heterocycles. The van der Waals surface area contributed by atoms with Gasteiger partial charge in [0.2, 0.25) is 0 Å². The Morgan fingerprint density at radius 2 is 2.04 bits per heavy atom. The van der Waals surface area contributed by atoms with Gasteiger partial charge in [0.15, 0.2) is 0 Å². The van der Waals surface area contributed by atoms with Gasteiger partial charge in [0, 0.05) is 22.9 Å². The molecule has 0 atom stereocenters. The van der Waals surface area contributed by atoms with E-state index in [1.54, 1.807) is 36.4 Å². The first-order chi connectivity index (χ1) is 11.1. The Kier molecular flexibility index (Phi) is 5.57. The van der Waals surface area contributed by atoms with Gasteiger partial charge < -0.3 is 15.6 Å². The molecule has 0 unspecified atom stereocenters. The quantitative estimate of drug-likeness (QED) is 0.434. The number of rotatable bonds is 6. The molecule has 0 heterocycles. The van der Waals surface area contributed by atoms with E-state index >= 15 is 0 Å². The van der Waals surface area contributed by atoms with Crippen molar-refractivity contribution in [3.8, 4) is 11.5 Å². The molecule has 6 heteroatoms. The number of carbonyl (C=O) groups excluding carboxylic acids is 1. The number of hydrogen-bond acceptors (Lipinski definition) is 5. The molecule has 0 aromatic heterocycles. The number of aromatic hydroxyl groups is 1. The zero-order chi connectivity index (χ0) is 16.7. The van der Waals surface area contributed by atoms with E-state index in [-0.39, 0.29) is 11.7 Å². The third-order valence-corrected chi connectivity index (χ3v) is 3.02. The number of ether oxygens (including phenoxy) is 1. The lowest BCUT2D eigenvalue weighted by Crippen LogP contribution is -2.17. The van der Waals surface area contributed by atoms with Crippen molar-refractivity contribution >= 4 is 17.8 Å². The lowest BCUT2D eigenvalue weighted by atomic mass is 10.2. The summed E-state index contributed by atoms with van der Waals surface area (Å²) in [4.78, 5) is 11.9. The molecule has 0 fully saturated rings. The first-order valence-electron chi connectivity index (χ1n) is 7.25. The molecule has 2 aromatic carbocycles. The molecule has 23 heavy (non-hydrogen) atoms. The van der Waals surface area contributed by atoms with Crippen LogP contribution >= 0.6 is 0 Å². The van der Waals surface area contributed by atoms with Gasteiger partial charge in [0.05, 0.1) is 12.8 Å². The van der Waals surface area contributed by atoms with E-state index in [0.29, 0.717) is 29.2 Å². The smallest absolute Gasteiger partial charge is 0.271 e. The summed E-state index contributed by atoms with van der Waals surface area (Å²) in [7, 11) is 0. The van der Waals surface area contributed by atoms with Crippen LogP contribution < -0.4 is 15.9 Å². The van der Waals surface area contributed by atoms with E-state index in [0.717, 1.165) is 6.42 Å². The van der Waals surface area contributed by atoms with Gasteiger partial charge in [0.1, 0.15) is 11.5 Å². The highest BCUT2D eigenvalue weighted by Gasteiger charge is 2.04. The van der Waals surface area contributed by atoms with Crippen molar-refractivity contribution in [1.29, 1.82) is 0 Å². The van der Waals surface area contributed by atoms with Crippen LogP contribution in [0.25, 0.3) is 0 Å². The van der Waals surface area contributed by atoms with Crippen LogP contribution in [-0.4, -0.2) is 23.8 Å². The molecule has 0 saturated carbocycles. The fraction of sp³-hybridized carbons (Fsp3) is 0.176. The number of nitrogens with zero attached hydrogens (tertiary/aromatic N) is 1. The Balaban J connectivity index is 1.97. The van der Waals surface area contributed by atoms with Gasteiger partial charge in [0.25, 0.3) is 5.91 Å². The lowest BCUT2D eigenvalue weighted by Gasteiger charge is -2.06. The number of amides is 1. The molecule has 2 rings (SSSR count). The van der Waals surface area contributed by atoms with E-state index in [1.165, 1.54) is 12.3 Å². The largest absolute Gasteiger partial charge is 0.507 e.